The van der Waals surface area contributed by atoms with Crippen LogP contribution in [0.15, 0.2) is 30.3 Å². The number of amides is 1. The second kappa shape index (κ2) is 9.88. The van der Waals surface area contributed by atoms with Crippen LogP contribution in [0.5, 0.6) is 0 Å². The standard InChI is InChI=1S/C19H25Cl2N5O/c1-24(2)10-5-11-26(13-14-6-7-15(20)16(21)12-14)19(27)17-8-9-18(23-22-17)25(3)4/h6-9,12H,5,10-11,13H2,1-4H3. The summed E-state index contributed by atoms with van der Waals surface area (Å²) in [7, 11) is 7.78. The molecule has 8 heteroatoms. The van der Waals surface area contributed by atoms with Crippen LogP contribution in [0.4, 0.5) is 5.82 Å². The molecule has 1 heterocycles. The fourth-order valence-electron chi connectivity index (χ4n) is 2.53. The van der Waals surface area contributed by atoms with Gasteiger partial charge in [0.1, 0.15) is 0 Å². The molecule has 2 aromatic rings. The lowest BCUT2D eigenvalue weighted by Gasteiger charge is -2.23. The Kier molecular flexibility index (Phi) is 7.83. The molecule has 27 heavy (non-hydrogen) atoms. The fraction of sp³-hybridized carbons (Fsp3) is 0.421. The van der Waals surface area contributed by atoms with Gasteiger partial charge in [-0.15, -0.1) is 10.2 Å². The van der Waals surface area contributed by atoms with Crippen LogP contribution in [0, 0.1) is 0 Å². The smallest absolute Gasteiger partial charge is 0.274 e. The maximum Gasteiger partial charge on any atom is 0.274 e. The van der Waals surface area contributed by atoms with Gasteiger partial charge in [-0.25, -0.2) is 0 Å². The average Bonchev–Trinajstić information content (AvgIpc) is 2.63. The molecule has 0 radical (unpaired) electrons. The third kappa shape index (κ3) is 6.34. The Morgan fingerprint density at radius 3 is 2.26 bits per heavy atom. The second-order valence-corrected chi connectivity index (χ2v) is 7.62. The van der Waals surface area contributed by atoms with Crippen LogP contribution in [0.1, 0.15) is 22.5 Å². The highest BCUT2D eigenvalue weighted by atomic mass is 35.5. The molecule has 0 bridgehead atoms. The van der Waals surface area contributed by atoms with E-state index in [4.69, 9.17) is 23.2 Å². The molecule has 0 aliphatic rings. The van der Waals surface area contributed by atoms with E-state index in [-0.39, 0.29) is 5.91 Å². The molecule has 0 aliphatic carbocycles. The Morgan fingerprint density at radius 1 is 0.963 bits per heavy atom. The normalized spacial score (nSPS) is 10.9. The largest absolute Gasteiger partial charge is 0.361 e. The van der Waals surface area contributed by atoms with E-state index in [0.717, 1.165) is 18.5 Å². The number of nitrogens with zero attached hydrogens (tertiary/aromatic N) is 5. The summed E-state index contributed by atoms with van der Waals surface area (Å²) in [5, 5.41) is 9.17. The van der Waals surface area contributed by atoms with E-state index in [9.17, 15) is 4.79 Å². The van der Waals surface area contributed by atoms with E-state index in [0.29, 0.717) is 34.6 Å². The summed E-state index contributed by atoms with van der Waals surface area (Å²) in [6.45, 7) is 1.92. The van der Waals surface area contributed by atoms with Crippen molar-refractivity contribution in [3.63, 3.8) is 0 Å². The lowest BCUT2D eigenvalue weighted by atomic mass is 10.2. The van der Waals surface area contributed by atoms with E-state index in [1.807, 2.05) is 39.2 Å². The molecule has 0 saturated carbocycles. The highest BCUT2D eigenvalue weighted by Gasteiger charge is 2.18. The quantitative estimate of drug-likeness (QED) is 0.668. The summed E-state index contributed by atoms with van der Waals surface area (Å²) in [6.07, 6.45) is 0.850. The molecule has 0 aliphatic heterocycles. The van der Waals surface area contributed by atoms with Crippen molar-refractivity contribution in [2.45, 2.75) is 13.0 Å². The van der Waals surface area contributed by atoms with Gasteiger partial charge in [-0.1, -0.05) is 29.3 Å². The van der Waals surface area contributed by atoms with Gasteiger partial charge < -0.3 is 14.7 Å². The molecule has 0 atom stereocenters. The van der Waals surface area contributed by atoms with Crippen LogP contribution in [0.3, 0.4) is 0 Å². The zero-order chi connectivity index (χ0) is 20.0. The van der Waals surface area contributed by atoms with E-state index in [2.05, 4.69) is 15.1 Å². The van der Waals surface area contributed by atoms with Gasteiger partial charge in [-0.2, -0.15) is 0 Å². The van der Waals surface area contributed by atoms with E-state index >= 15 is 0 Å². The number of halogens is 2. The molecular formula is C19H25Cl2N5O. The van der Waals surface area contributed by atoms with Gasteiger partial charge in [-0.3, -0.25) is 4.79 Å². The Morgan fingerprint density at radius 2 is 1.70 bits per heavy atom. The third-order valence-electron chi connectivity index (χ3n) is 4.01. The first-order valence-corrected chi connectivity index (χ1v) is 9.42. The van der Waals surface area contributed by atoms with Crippen LogP contribution in [0.2, 0.25) is 10.0 Å². The Bertz CT molecular complexity index is 765. The Balaban J connectivity index is 2.19. The van der Waals surface area contributed by atoms with Crippen LogP contribution in [0.25, 0.3) is 0 Å². The number of carbonyl (C=O) groups excluding carboxylic acids is 1. The zero-order valence-electron chi connectivity index (χ0n) is 16.1. The number of benzene rings is 1. The predicted molar refractivity (Wildman–Crippen MR) is 111 cm³/mol. The average molecular weight is 410 g/mol. The molecule has 2 rings (SSSR count). The minimum atomic E-state index is -0.155. The minimum Gasteiger partial charge on any atom is -0.361 e. The van der Waals surface area contributed by atoms with Crippen molar-refractivity contribution in [2.24, 2.45) is 0 Å². The second-order valence-electron chi connectivity index (χ2n) is 6.80. The molecule has 1 aromatic heterocycles. The Labute approximate surface area is 170 Å². The molecule has 0 fully saturated rings. The molecule has 146 valence electrons. The predicted octanol–water partition coefficient (Wildman–Crippen LogP) is 3.44. The first-order chi connectivity index (χ1) is 12.8. The molecule has 0 saturated heterocycles. The van der Waals surface area contributed by atoms with Crippen molar-refractivity contribution in [3.8, 4) is 0 Å². The molecule has 6 nitrogen and oxygen atoms in total. The number of anilines is 1. The monoisotopic (exact) mass is 409 g/mol. The first kappa shape index (κ1) is 21.4. The van der Waals surface area contributed by atoms with Crippen LogP contribution in [-0.2, 0) is 6.54 Å². The summed E-state index contributed by atoms with van der Waals surface area (Å²) < 4.78 is 0. The van der Waals surface area contributed by atoms with Crippen LogP contribution >= 0.6 is 23.2 Å². The highest BCUT2D eigenvalue weighted by Crippen LogP contribution is 2.23. The molecule has 1 amide bonds. The number of aromatic nitrogens is 2. The molecule has 0 N–H and O–H groups in total. The number of hydrogen-bond donors (Lipinski definition) is 0. The van der Waals surface area contributed by atoms with Gasteiger partial charge in [0.25, 0.3) is 5.91 Å². The lowest BCUT2D eigenvalue weighted by Crippen LogP contribution is -2.33. The number of rotatable bonds is 8. The Hall–Kier alpha value is -1.89. The van der Waals surface area contributed by atoms with Gasteiger partial charge in [-0.05, 0) is 56.9 Å². The third-order valence-corrected chi connectivity index (χ3v) is 4.74. The highest BCUT2D eigenvalue weighted by molar-refractivity contribution is 6.42. The maximum absolute atomic E-state index is 13.0. The van der Waals surface area contributed by atoms with E-state index < -0.39 is 0 Å². The van der Waals surface area contributed by atoms with Gasteiger partial charge in [0.15, 0.2) is 11.5 Å². The molecular weight excluding hydrogens is 385 g/mol. The summed E-state index contributed by atoms with van der Waals surface area (Å²) in [6, 6.07) is 8.90. The van der Waals surface area contributed by atoms with Gasteiger partial charge in [0.05, 0.1) is 10.0 Å². The van der Waals surface area contributed by atoms with Crippen molar-refractivity contribution < 1.29 is 4.79 Å². The van der Waals surface area contributed by atoms with Gasteiger partial charge >= 0.3 is 0 Å². The number of hydrogen-bond acceptors (Lipinski definition) is 5. The van der Waals surface area contributed by atoms with Crippen molar-refractivity contribution in [1.29, 1.82) is 0 Å². The lowest BCUT2D eigenvalue weighted by molar-refractivity contribution is 0.0730. The summed E-state index contributed by atoms with van der Waals surface area (Å²) in [5.41, 5.74) is 1.24. The van der Waals surface area contributed by atoms with Crippen molar-refractivity contribution in [3.05, 3.63) is 51.6 Å². The molecule has 1 aromatic carbocycles. The number of carbonyl (C=O) groups is 1. The van der Waals surface area contributed by atoms with Crippen molar-refractivity contribution >= 4 is 34.9 Å². The summed E-state index contributed by atoms with van der Waals surface area (Å²) in [4.78, 5) is 18.7. The summed E-state index contributed by atoms with van der Waals surface area (Å²) in [5.74, 6) is 0.549. The minimum absolute atomic E-state index is 0.155. The van der Waals surface area contributed by atoms with Gasteiger partial charge in [0.2, 0.25) is 0 Å². The maximum atomic E-state index is 13.0. The van der Waals surface area contributed by atoms with Crippen molar-refractivity contribution in [2.75, 3.05) is 46.2 Å². The van der Waals surface area contributed by atoms with Gasteiger partial charge in [0, 0.05) is 27.2 Å². The first-order valence-electron chi connectivity index (χ1n) is 8.67. The van der Waals surface area contributed by atoms with E-state index in [1.165, 1.54) is 0 Å². The van der Waals surface area contributed by atoms with Crippen LogP contribution < -0.4 is 4.90 Å². The van der Waals surface area contributed by atoms with Crippen molar-refractivity contribution in [1.82, 2.24) is 20.0 Å². The SMILES string of the molecule is CN(C)CCCN(Cc1ccc(Cl)c(Cl)c1)C(=O)c1ccc(N(C)C)nn1. The zero-order valence-corrected chi connectivity index (χ0v) is 17.6. The summed E-state index contributed by atoms with van der Waals surface area (Å²) >= 11 is 12.1. The molecule has 0 spiro atoms. The molecule has 0 unspecified atom stereocenters. The topological polar surface area (TPSA) is 52.6 Å². The van der Waals surface area contributed by atoms with E-state index in [1.54, 1.807) is 29.2 Å². The fourth-order valence-corrected chi connectivity index (χ4v) is 2.85. The van der Waals surface area contributed by atoms with Crippen LogP contribution in [-0.4, -0.2) is 67.2 Å².